The van der Waals surface area contributed by atoms with Crippen LogP contribution in [0.5, 0.6) is 0 Å². The van der Waals surface area contributed by atoms with Crippen molar-refractivity contribution in [3.63, 3.8) is 0 Å². The molecule has 0 amide bonds. The zero-order valence-electron chi connectivity index (χ0n) is 7.57. The summed E-state index contributed by atoms with van der Waals surface area (Å²) in [5.74, 6) is -0.0376. The van der Waals surface area contributed by atoms with Crippen LogP contribution in [0.1, 0.15) is 23.1 Å². The summed E-state index contributed by atoms with van der Waals surface area (Å²) in [6.07, 6.45) is 0. The van der Waals surface area contributed by atoms with Crippen LogP contribution >= 0.6 is 11.8 Å². The number of hydrogen-bond acceptors (Lipinski definition) is 3. The van der Waals surface area contributed by atoms with Gasteiger partial charge in [0, 0.05) is 10.6 Å². The number of nitrogens with zero attached hydrogens (tertiary/aromatic N) is 1. The van der Waals surface area contributed by atoms with Crippen molar-refractivity contribution in [1.82, 2.24) is 4.98 Å². The molecule has 4 heteroatoms. The fraction of sp³-hybridized carbons (Fsp3) is 0.333. The molecule has 0 bridgehead atoms. The summed E-state index contributed by atoms with van der Waals surface area (Å²) >= 11 is 1.62. The second-order valence-corrected chi connectivity index (χ2v) is 3.91. The molecule has 0 atom stereocenters. The minimum absolute atomic E-state index is 0.121. The smallest absolute Gasteiger partial charge is 0.354 e. The van der Waals surface area contributed by atoms with Crippen LogP contribution in [-0.2, 0) is 0 Å². The van der Waals surface area contributed by atoms with Gasteiger partial charge in [-0.25, -0.2) is 9.78 Å². The van der Waals surface area contributed by atoms with Gasteiger partial charge in [-0.3, -0.25) is 0 Å². The van der Waals surface area contributed by atoms with Gasteiger partial charge in [0.1, 0.15) is 5.69 Å². The average Bonchev–Trinajstić information content (AvgIpc) is 2.03. The molecule has 0 radical (unpaired) electrons. The predicted molar refractivity (Wildman–Crippen MR) is 52.3 cm³/mol. The maximum atomic E-state index is 10.6. The number of aromatic nitrogens is 1. The molecule has 70 valence electrons. The Morgan fingerprint density at radius 1 is 1.62 bits per heavy atom. The van der Waals surface area contributed by atoms with Crippen LogP contribution in [0.15, 0.2) is 17.0 Å². The van der Waals surface area contributed by atoms with Crippen LogP contribution in [0.3, 0.4) is 0 Å². The zero-order chi connectivity index (χ0) is 9.84. The third kappa shape index (κ3) is 2.73. The molecule has 0 saturated carbocycles. The lowest BCUT2D eigenvalue weighted by Crippen LogP contribution is -2.01. The highest BCUT2D eigenvalue weighted by molar-refractivity contribution is 7.99. The number of carboxylic acid groups (broad SMARTS) is 1. The second-order valence-electron chi connectivity index (χ2n) is 2.57. The summed E-state index contributed by atoms with van der Waals surface area (Å²) in [5, 5.41) is 8.73. The van der Waals surface area contributed by atoms with E-state index in [-0.39, 0.29) is 5.69 Å². The summed E-state index contributed by atoms with van der Waals surface area (Å²) in [4.78, 5) is 15.5. The molecule has 1 N–H and O–H groups in total. The number of hydrogen-bond donors (Lipinski definition) is 1. The topological polar surface area (TPSA) is 50.2 Å². The first-order valence-corrected chi connectivity index (χ1v) is 4.97. The summed E-state index contributed by atoms with van der Waals surface area (Å²) in [5.41, 5.74) is 0.867. The van der Waals surface area contributed by atoms with Gasteiger partial charge in [-0.05, 0) is 24.8 Å². The molecule has 1 aromatic heterocycles. The lowest BCUT2D eigenvalue weighted by Gasteiger charge is -2.01. The van der Waals surface area contributed by atoms with Crippen LogP contribution in [0.2, 0.25) is 0 Å². The van der Waals surface area contributed by atoms with Gasteiger partial charge in [0.05, 0.1) is 0 Å². The predicted octanol–water partition coefficient (Wildman–Crippen LogP) is 2.20. The number of carbonyl (C=O) groups is 1. The van der Waals surface area contributed by atoms with Gasteiger partial charge in [0.25, 0.3) is 0 Å². The van der Waals surface area contributed by atoms with Gasteiger partial charge < -0.3 is 5.11 Å². The van der Waals surface area contributed by atoms with E-state index < -0.39 is 5.97 Å². The van der Waals surface area contributed by atoms with E-state index in [0.29, 0.717) is 0 Å². The van der Waals surface area contributed by atoms with Gasteiger partial charge in [-0.15, -0.1) is 11.8 Å². The Hall–Kier alpha value is -1.03. The summed E-state index contributed by atoms with van der Waals surface area (Å²) in [7, 11) is 0. The number of carboxylic acids is 1. The van der Waals surface area contributed by atoms with Crippen molar-refractivity contribution in [1.29, 1.82) is 0 Å². The highest BCUT2D eigenvalue weighted by Gasteiger charge is 2.06. The molecule has 1 rings (SSSR count). The summed E-state index contributed by atoms with van der Waals surface area (Å²) in [6.45, 7) is 3.83. The van der Waals surface area contributed by atoms with E-state index in [2.05, 4.69) is 4.98 Å². The molecule has 0 aromatic carbocycles. The van der Waals surface area contributed by atoms with Gasteiger partial charge in [-0.1, -0.05) is 6.92 Å². The van der Waals surface area contributed by atoms with Crippen LogP contribution in [0, 0.1) is 6.92 Å². The molecule has 0 saturated heterocycles. The van der Waals surface area contributed by atoms with Crippen molar-refractivity contribution < 1.29 is 9.90 Å². The summed E-state index contributed by atoms with van der Waals surface area (Å²) < 4.78 is 0. The first-order chi connectivity index (χ1) is 6.13. The fourth-order valence-electron chi connectivity index (χ4n) is 0.996. The van der Waals surface area contributed by atoms with E-state index in [9.17, 15) is 4.79 Å². The average molecular weight is 197 g/mol. The van der Waals surface area contributed by atoms with Gasteiger partial charge in [0.15, 0.2) is 0 Å². The highest BCUT2D eigenvalue weighted by Crippen LogP contribution is 2.18. The SMILES string of the molecule is CCSc1cc(C)nc(C(=O)O)c1. The Morgan fingerprint density at radius 3 is 2.85 bits per heavy atom. The lowest BCUT2D eigenvalue weighted by molar-refractivity contribution is 0.0690. The Kier molecular flexibility index (Phi) is 3.31. The molecule has 1 heterocycles. The number of aryl methyl sites for hydroxylation is 1. The van der Waals surface area contributed by atoms with Crippen molar-refractivity contribution in [2.75, 3.05) is 5.75 Å². The number of thioether (sulfide) groups is 1. The molecule has 0 unspecified atom stereocenters. The first kappa shape index (κ1) is 10.1. The lowest BCUT2D eigenvalue weighted by atomic mass is 10.3. The molecule has 1 aromatic rings. The normalized spacial score (nSPS) is 10.0. The largest absolute Gasteiger partial charge is 0.477 e. The van der Waals surface area contributed by atoms with Crippen molar-refractivity contribution in [2.24, 2.45) is 0 Å². The summed E-state index contributed by atoms with van der Waals surface area (Å²) in [6, 6.07) is 3.49. The highest BCUT2D eigenvalue weighted by atomic mass is 32.2. The third-order valence-corrected chi connectivity index (χ3v) is 2.31. The van der Waals surface area contributed by atoms with Gasteiger partial charge >= 0.3 is 5.97 Å². The molecule has 13 heavy (non-hydrogen) atoms. The fourth-order valence-corrected chi connectivity index (χ4v) is 1.78. The van der Waals surface area contributed by atoms with Gasteiger partial charge in [0.2, 0.25) is 0 Å². The van der Waals surface area contributed by atoms with Crippen molar-refractivity contribution >= 4 is 17.7 Å². The Labute approximate surface area is 81.2 Å². The molecule has 0 aliphatic rings. The Balaban J connectivity index is 3.03. The van der Waals surface area contributed by atoms with Crippen molar-refractivity contribution in [3.05, 3.63) is 23.5 Å². The molecule has 0 spiro atoms. The number of pyridine rings is 1. The molecular weight excluding hydrogens is 186 g/mol. The maximum absolute atomic E-state index is 10.6. The third-order valence-electron chi connectivity index (χ3n) is 1.46. The minimum atomic E-state index is -0.971. The molecule has 0 aliphatic carbocycles. The zero-order valence-corrected chi connectivity index (χ0v) is 8.39. The number of rotatable bonds is 3. The Morgan fingerprint density at radius 2 is 2.31 bits per heavy atom. The van der Waals surface area contributed by atoms with Gasteiger partial charge in [-0.2, -0.15) is 0 Å². The van der Waals surface area contributed by atoms with E-state index in [4.69, 9.17) is 5.11 Å². The molecule has 3 nitrogen and oxygen atoms in total. The van der Waals surface area contributed by atoms with Crippen LogP contribution in [-0.4, -0.2) is 21.8 Å². The van der Waals surface area contributed by atoms with Crippen molar-refractivity contribution in [3.8, 4) is 0 Å². The van der Waals surface area contributed by atoms with Crippen LogP contribution in [0.25, 0.3) is 0 Å². The number of aromatic carboxylic acids is 1. The quantitative estimate of drug-likeness (QED) is 0.755. The van der Waals surface area contributed by atoms with E-state index in [1.807, 2.05) is 13.0 Å². The Bertz CT molecular complexity index is 325. The maximum Gasteiger partial charge on any atom is 0.354 e. The minimum Gasteiger partial charge on any atom is -0.477 e. The first-order valence-electron chi connectivity index (χ1n) is 3.98. The standard InChI is InChI=1S/C9H11NO2S/c1-3-13-7-4-6(2)10-8(5-7)9(11)12/h4-5H,3H2,1-2H3,(H,11,12). The van der Waals surface area contributed by atoms with E-state index in [1.165, 1.54) is 0 Å². The van der Waals surface area contributed by atoms with Crippen LogP contribution in [0.4, 0.5) is 0 Å². The van der Waals surface area contributed by atoms with Crippen molar-refractivity contribution in [2.45, 2.75) is 18.7 Å². The van der Waals surface area contributed by atoms with Crippen LogP contribution < -0.4 is 0 Å². The van der Waals surface area contributed by atoms with E-state index in [1.54, 1.807) is 24.8 Å². The molecule has 0 fully saturated rings. The molecular formula is C9H11NO2S. The second kappa shape index (κ2) is 4.28. The monoisotopic (exact) mass is 197 g/mol. The van der Waals surface area contributed by atoms with E-state index in [0.717, 1.165) is 16.3 Å². The van der Waals surface area contributed by atoms with E-state index >= 15 is 0 Å². The molecule has 0 aliphatic heterocycles.